The molecule has 84 valence electrons. The van der Waals surface area contributed by atoms with Gasteiger partial charge in [0.05, 0.1) is 5.69 Å². The van der Waals surface area contributed by atoms with Gasteiger partial charge in [0.1, 0.15) is 5.21 Å². The molecule has 0 aromatic heterocycles. The van der Waals surface area contributed by atoms with Crippen LogP contribution < -0.4 is 4.72 Å². The second-order valence-corrected chi connectivity index (χ2v) is 5.91. The molecule has 0 amide bonds. The zero-order chi connectivity index (χ0) is 11.6. The summed E-state index contributed by atoms with van der Waals surface area (Å²) in [4.78, 5) is 0. The fourth-order valence-electron chi connectivity index (χ4n) is 1.52. The van der Waals surface area contributed by atoms with Crippen molar-refractivity contribution in [3.8, 4) is 0 Å². The summed E-state index contributed by atoms with van der Waals surface area (Å²) in [6.45, 7) is 5.71. The smallest absolute Gasteiger partial charge is 0.246 e. The van der Waals surface area contributed by atoms with E-state index < -0.39 is 15.2 Å². The number of halogens is 1. The Hall–Kier alpha value is -0.740. The molecule has 0 atom stereocenters. The van der Waals surface area contributed by atoms with Crippen LogP contribution >= 0.6 is 11.6 Å². The van der Waals surface area contributed by atoms with Crippen LogP contribution in [0, 0.1) is 20.8 Å². The molecule has 15 heavy (non-hydrogen) atoms. The van der Waals surface area contributed by atoms with Crippen molar-refractivity contribution in [3.05, 3.63) is 28.8 Å². The minimum absolute atomic E-state index is 0.431. The number of benzene rings is 1. The van der Waals surface area contributed by atoms with Crippen LogP contribution in [0.15, 0.2) is 12.1 Å². The van der Waals surface area contributed by atoms with Gasteiger partial charge in [0.15, 0.2) is 0 Å². The molecule has 0 heterocycles. The fraction of sp³-hybridized carbons (Fsp3) is 0.400. The lowest BCUT2D eigenvalue weighted by Gasteiger charge is -2.12. The largest absolute Gasteiger partial charge is 0.282 e. The van der Waals surface area contributed by atoms with Crippen molar-refractivity contribution >= 4 is 27.3 Å². The lowest BCUT2D eigenvalue weighted by atomic mass is 10.1. The lowest BCUT2D eigenvalue weighted by Crippen LogP contribution is -2.15. The predicted octanol–water partition coefficient (Wildman–Crippen LogP) is 2.55. The van der Waals surface area contributed by atoms with Crippen molar-refractivity contribution in [3.63, 3.8) is 0 Å². The minimum atomic E-state index is -3.41. The average molecular weight is 248 g/mol. The Labute approximate surface area is 95.5 Å². The SMILES string of the molecule is Cc1cc(C)c(NS(=O)(=O)CCl)c(C)c1. The van der Waals surface area contributed by atoms with E-state index in [1.807, 2.05) is 32.9 Å². The van der Waals surface area contributed by atoms with Crippen molar-refractivity contribution in [2.24, 2.45) is 0 Å². The van der Waals surface area contributed by atoms with Crippen LogP contribution in [0.5, 0.6) is 0 Å². The van der Waals surface area contributed by atoms with Gasteiger partial charge in [-0.1, -0.05) is 17.7 Å². The van der Waals surface area contributed by atoms with Gasteiger partial charge in [0.25, 0.3) is 0 Å². The predicted molar refractivity (Wildman–Crippen MR) is 63.9 cm³/mol. The quantitative estimate of drug-likeness (QED) is 0.835. The highest BCUT2D eigenvalue weighted by Crippen LogP contribution is 2.23. The third kappa shape index (κ3) is 3.11. The average Bonchev–Trinajstić information content (AvgIpc) is 2.11. The Morgan fingerprint density at radius 3 is 2.07 bits per heavy atom. The van der Waals surface area contributed by atoms with E-state index in [2.05, 4.69) is 4.72 Å². The molecule has 0 aliphatic carbocycles. The molecule has 1 aromatic rings. The molecule has 0 saturated carbocycles. The van der Waals surface area contributed by atoms with Crippen LogP contribution in [0.3, 0.4) is 0 Å². The molecule has 0 fully saturated rings. The molecule has 0 bridgehead atoms. The molecule has 0 unspecified atom stereocenters. The van der Waals surface area contributed by atoms with Gasteiger partial charge in [-0.15, -0.1) is 11.6 Å². The third-order valence-electron chi connectivity index (χ3n) is 2.08. The number of alkyl halides is 1. The number of hydrogen-bond acceptors (Lipinski definition) is 2. The zero-order valence-corrected chi connectivity index (χ0v) is 10.5. The van der Waals surface area contributed by atoms with E-state index in [1.54, 1.807) is 0 Å². The molecule has 3 nitrogen and oxygen atoms in total. The summed E-state index contributed by atoms with van der Waals surface area (Å²) >= 11 is 5.33. The van der Waals surface area contributed by atoms with Crippen molar-refractivity contribution < 1.29 is 8.42 Å². The van der Waals surface area contributed by atoms with Gasteiger partial charge in [0, 0.05) is 0 Å². The highest BCUT2D eigenvalue weighted by Gasteiger charge is 2.12. The van der Waals surface area contributed by atoms with E-state index in [0.717, 1.165) is 16.7 Å². The van der Waals surface area contributed by atoms with Gasteiger partial charge in [0.2, 0.25) is 10.0 Å². The number of sulfonamides is 1. The van der Waals surface area contributed by atoms with Crippen LogP contribution in [-0.4, -0.2) is 13.6 Å². The summed E-state index contributed by atoms with van der Waals surface area (Å²) in [6, 6.07) is 3.86. The Morgan fingerprint density at radius 2 is 1.67 bits per heavy atom. The van der Waals surface area contributed by atoms with Crippen molar-refractivity contribution in [2.75, 3.05) is 9.93 Å². The van der Waals surface area contributed by atoms with Crippen LogP contribution in [0.25, 0.3) is 0 Å². The first-order valence-electron chi connectivity index (χ1n) is 4.50. The molecule has 0 aliphatic rings. The van der Waals surface area contributed by atoms with Crippen LogP contribution in [-0.2, 0) is 10.0 Å². The standard InChI is InChI=1S/C10H14ClNO2S/c1-7-4-8(2)10(9(3)5-7)12-15(13,14)6-11/h4-5,12H,6H2,1-3H3. The van der Waals surface area contributed by atoms with Gasteiger partial charge >= 0.3 is 0 Å². The van der Waals surface area contributed by atoms with Gasteiger partial charge in [-0.25, -0.2) is 8.42 Å². The lowest BCUT2D eigenvalue weighted by molar-refractivity contribution is 0.605. The normalized spacial score (nSPS) is 11.5. The topological polar surface area (TPSA) is 46.2 Å². The Morgan fingerprint density at radius 1 is 1.20 bits per heavy atom. The summed E-state index contributed by atoms with van der Waals surface area (Å²) in [5.41, 5.74) is 3.54. The minimum Gasteiger partial charge on any atom is -0.282 e. The molecule has 0 saturated heterocycles. The summed E-state index contributed by atoms with van der Waals surface area (Å²) in [5, 5.41) is -0.431. The van der Waals surface area contributed by atoms with E-state index in [0.29, 0.717) is 5.69 Å². The van der Waals surface area contributed by atoms with E-state index in [1.165, 1.54) is 0 Å². The number of nitrogens with one attached hydrogen (secondary N) is 1. The number of hydrogen-bond donors (Lipinski definition) is 1. The molecule has 5 heteroatoms. The van der Waals surface area contributed by atoms with Crippen LogP contribution in [0.4, 0.5) is 5.69 Å². The van der Waals surface area contributed by atoms with Crippen molar-refractivity contribution in [2.45, 2.75) is 20.8 Å². The molecule has 1 rings (SSSR count). The Kier molecular flexibility index (Phi) is 3.62. The molecule has 0 spiro atoms. The van der Waals surface area contributed by atoms with Crippen LogP contribution in [0.2, 0.25) is 0 Å². The molecule has 1 N–H and O–H groups in total. The van der Waals surface area contributed by atoms with Crippen molar-refractivity contribution in [1.82, 2.24) is 0 Å². The van der Waals surface area contributed by atoms with Crippen LogP contribution in [0.1, 0.15) is 16.7 Å². The van der Waals surface area contributed by atoms with Gasteiger partial charge in [-0.3, -0.25) is 4.72 Å². The van der Waals surface area contributed by atoms with Gasteiger partial charge < -0.3 is 0 Å². The van der Waals surface area contributed by atoms with E-state index in [-0.39, 0.29) is 0 Å². The first-order chi connectivity index (χ1) is 6.85. The van der Waals surface area contributed by atoms with E-state index >= 15 is 0 Å². The first kappa shape index (κ1) is 12.3. The van der Waals surface area contributed by atoms with E-state index in [4.69, 9.17) is 11.6 Å². The molecular formula is C10H14ClNO2S. The maximum absolute atomic E-state index is 11.3. The highest BCUT2D eigenvalue weighted by atomic mass is 35.5. The first-order valence-corrected chi connectivity index (χ1v) is 6.68. The maximum Gasteiger partial charge on any atom is 0.246 e. The van der Waals surface area contributed by atoms with Gasteiger partial charge in [-0.05, 0) is 31.9 Å². The summed E-state index contributed by atoms with van der Waals surface area (Å²) in [7, 11) is -3.41. The number of rotatable bonds is 3. The summed E-state index contributed by atoms with van der Waals surface area (Å²) < 4.78 is 25.1. The summed E-state index contributed by atoms with van der Waals surface area (Å²) in [5.74, 6) is 0. The second kappa shape index (κ2) is 4.41. The Balaban J connectivity index is 3.17. The highest BCUT2D eigenvalue weighted by molar-refractivity contribution is 7.93. The Bertz CT molecular complexity index is 445. The molecular weight excluding hydrogens is 234 g/mol. The monoisotopic (exact) mass is 247 g/mol. The number of aryl methyl sites for hydroxylation is 3. The molecule has 0 radical (unpaired) electrons. The maximum atomic E-state index is 11.3. The fourth-order valence-corrected chi connectivity index (χ4v) is 2.37. The second-order valence-electron chi connectivity index (χ2n) is 3.60. The molecule has 1 aromatic carbocycles. The zero-order valence-electron chi connectivity index (χ0n) is 8.96. The number of anilines is 1. The summed E-state index contributed by atoms with van der Waals surface area (Å²) in [6.07, 6.45) is 0. The van der Waals surface area contributed by atoms with Crippen molar-refractivity contribution in [1.29, 1.82) is 0 Å². The van der Waals surface area contributed by atoms with Gasteiger partial charge in [-0.2, -0.15) is 0 Å². The van der Waals surface area contributed by atoms with E-state index in [9.17, 15) is 8.42 Å². The third-order valence-corrected chi connectivity index (χ3v) is 3.74. The molecule has 0 aliphatic heterocycles.